The summed E-state index contributed by atoms with van der Waals surface area (Å²) in [7, 11) is 2.19. The predicted molar refractivity (Wildman–Crippen MR) is 90.2 cm³/mol. The molecule has 3 nitrogen and oxygen atoms in total. The molecule has 0 aliphatic rings. The molecule has 1 aromatic rings. The summed E-state index contributed by atoms with van der Waals surface area (Å²) >= 11 is 1.92. The van der Waals surface area contributed by atoms with Gasteiger partial charge in [0.2, 0.25) is 0 Å². The molecule has 0 saturated heterocycles. The third-order valence-electron chi connectivity index (χ3n) is 3.50. The van der Waals surface area contributed by atoms with Crippen molar-refractivity contribution in [3.8, 4) is 0 Å². The van der Waals surface area contributed by atoms with Crippen LogP contribution in [0.25, 0.3) is 0 Å². The Morgan fingerprint density at radius 3 is 2.80 bits per heavy atom. The molecule has 1 atom stereocenters. The number of nitrogens with one attached hydrogen (secondary N) is 1. The molecule has 1 unspecified atom stereocenters. The molecule has 0 aliphatic carbocycles. The Kier molecular flexibility index (Phi) is 8.90. The third-order valence-corrected chi connectivity index (χ3v) is 4.14. The van der Waals surface area contributed by atoms with Crippen molar-refractivity contribution in [2.75, 3.05) is 25.6 Å². The van der Waals surface area contributed by atoms with Crippen LogP contribution in [-0.2, 0) is 13.1 Å². The second-order valence-electron chi connectivity index (χ2n) is 5.34. The van der Waals surface area contributed by atoms with E-state index in [-0.39, 0.29) is 0 Å². The lowest BCUT2D eigenvalue weighted by Gasteiger charge is -2.24. The minimum absolute atomic E-state index is 0.603. The molecule has 1 rings (SSSR count). The van der Waals surface area contributed by atoms with Gasteiger partial charge in [-0.1, -0.05) is 13.0 Å². The van der Waals surface area contributed by atoms with Gasteiger partial charge in [0.25, 0.3) is 0 Å². The minimum Gasteiger partial charge on any atom is -0.311 e. The van der Waals surface area contributed by atoms with Gasteiger partial charge >= 0.3 is 0 Å². The van der Waals surface area contributed by atoms with E-state index in [2.05, 4.69) is 55.6 Å². The zero-order chi connectivity index (χ0) is 14.8. The van der Waals surface area contributed by atoms with Gasteiger partial charge < -0.3 is 5.32 Å². The van der Waals surface area contributed by atoms with Gasteiger partial charge in [-0.05, 0) is 57.5 Å². The van der Waals surface area contributed by atoms with Crippen LogP contribution in [0.5, 0.6) is 0 Å². The Morgan fingerprint density at radius 2 is 2.10 bits per heavy atom. The molecule has 114 valence electrons. The molecule has 20 heavy (non-hydrogen) atoms. The molecule has 0 amide bonds. The molecule has 0 bridgehead atoms. The molecule has 0 fully saturated rings. The first-order valence-corrected chi connectivity index (χ1v) is 8.91. The monoisotopic (exact) mass is 295 g/mol. The van der Waals surface area contributed by atoms with E-state index in [1.165, 1.54) is 17.9 Å². The average Bonchev–Trinajstić information content (AvgIpc) is 2.45. The van der Waals surface area contributed by atoms with Crippen molar-refractivity contribution in [3.63, 3.8) is 0 Å². The largest absolute Gasteiger partial charge is 0.311 e. The van der Waals surface area contributed by atoms with Gasteiger partial charge in [0.05, 0.1) is 11.4 Å². The van der Waals surface area contributed by atoms with Gasteiger partial charge in [-0.25, -0.2) is 0 Å². The maximum Gasteiger partial charge on any atom is 0.0547 e. The molecule has 0 saturated carbocycles. The van der Waals surface area contributed by atoms with Gasteiger partial charge in [-0.15, -0.1) is 0 Å². The molecule has 1 heterocycles. The van der Waals surface area contributed by atoms with Crippen LogP contribution in [0.1, 0.15) is 38.1 Å². The van der Waals surface area contributed by atoms with Crippen molar-refractivity contribution in [2.24, 2.45) is 0 Å². The standard InChI is InChI=1S/C16H29N3S/c1-5-10-17-12-15-7-6-8-16(18-15)13-19(3)14(2)9-11-20-4/h6-8,14,17H,5,9-13H2,1-4H3. The van der Waals surface area contributed by atoms with E-state index >= 15 is 0 Å². The molecule has 0 radical (unpaired) electrons. The quantitative estimate of drug-likeness (QED) is 0.671. The summed E-state index contributed by atoms with van der Waals surface area (Å²) in [6.45, 7) is 7.33. The van der Waals surface area contributed by atoms with Crippen LogP contribution in [0.3, 0.4) is 0 Å². The normalized spacial score (nSPS) is 12.8. The van der Waals surface area contributed by atoms with E-state index in [9.17, 15) is 0 Å². The maximum atomic E-state index is 4.74. The molecule has 0 aliphatic heterocycles. The Hall–Kier alpha value is -0.580. The second-order valence-corrected chi connectivity index (χ2v) is 6.33. The fourth-order valence-corrected chi connectivity index (χ4v) is 2.61. The van der Waals surface area contributed by atoms with E-state index < -0.39 is 0 Å². The zero-order valence-electron chi connectivity index (χ0n) is 13.4. The van der Waals surface area contributed by atoms with Crippen molar-refractivity contribution in [2.45, 2.75) is 45.8 Å². The Bertz CT molecular complexity index is 370. The molecule has 0 aromatic carbocycles. The number of hydrogen-bond donors (Lipinski definition) is 1. The number of rotatable bonds is 10. The van der Waals surface area contributed by atoms with Crippen LogP contribution in [0, 0.1) is 0 Å². The van der Waals surface area contributed by atoms with Crippen molar-refractivity contribution >= 4 is 11.8 Å². The van der Waals surface area contributed by atoms with E-state index in [1.54, 1.807) is 0 Å². The van der Waals surface area contributed by atoms with Crippen LogP contribution in [-0.4, -0.2) is 41.5 Å². The van der Waals surface area contributed by atoms with Crippen LogP contribution < -0.4 is 5.32 Å². The van der Waals surface area contributed by atoms with Gasteiger partial charge in [-0.3, -0.25) is 9.88 Å². The van der Waals surface area contributed by atoms with Crippen molar-refractivity contribution in [1.29, 1.82) is 0 Å². The maximum absolute atomic E-state index is 4.74. The fourth-order valence-electron chi connectivity index (χ4n) is 2.03. The van der Waals surface area contributed by atoms with Crippen LogP contribution in [0.15, 0.2) is 18.2 Å². The Labute approximate surface area is 128 Å². The summed E-state index contributed by atoms with van der Waals surface area (Å²) in [6, 6.07) is 6.95. The van der Waals surface area contributed by atoms with E-state index in [0.29, 0.717) is 6.04 Å². The summed E-state index contributed by atoms with van der Waals surface area (Å²) in [5.74, 6) is 1.22. The molecule has 1 aromatic heterocycles. The summed E-state index contributed by atoms with van der Waals surface area (Å²) in [4.78, 5) is 7.13. The van der Waals surface area contributed by atoms with Crippen LogP contribution >= 0.6 is 11.8 Å². The van der Waals surface area contributed by atoms with Gasteiger partial charge in [0.15, 0.2) is 0 Å². The molecule has 0 spiro atoms. The summed E-state index contributed by atoms with van der Waals surface area (Å²) < 4.78 is 0. The first-order valence-electron chi connectivity index (χ1n) is 7.52. The second kappa shape index (κ2) is 10.2. The van der Waals surface area contributed by atoms with Crippen molar-refractivity contribution in [1.82, 2.24) is 15.2 Å². The Balaban J connectivity index is 2.48. The highest BCUT2D eigenvalue weighted by molar-refractivity contribution is 7.98. The molecular weight excluding hydrogens is 266 g/mol. The van der Waals surface area contributed by atoms with Gasteiger partial charge in [0, 0.05) is 19.1 Å². The lowest BCUT2D eigenvalue weighted by atomic mass is 10.2. The minimum atomic E-state index is 0.603. The predicted octanol–water partition coefficient (Wildman–Crippen LogP) is 3.15. The summed E-state index contributed by atoms with van der Waals surface area (Å²) in [6.07, 6.45) is 4.56. The molecule has 1 N–H and O–H groups in total. The average molecular weight is 295 g/mol. The van der Waals surface area contributed by atoms with Crippen molar-refractivity contribution < 1.29 is 0 Å². The Morgan fingerprint density at radius 1 is 1.35 bits per heavy atom. The number of aromatic nitrogens is 1. The SMILES string of the molecule is CCCNCc1cccc(CN(C)C(C)CCSC)n1. The summed E-state index contributed by atoms with van der Waals surface area (Å²) in [5, 5.41) is 3.40. The van der Waals surface area contributed by atoms with Crippen LogP contribution in [0.4, 0.5) is 0 Å². The fraction of sp³-hybridized carbons (Fsp3) is 0.688. The number of hydrogen-bond acceptors (Lipinski definition) is 4. The smallest absolute Gasteiger partial charge is 0.0547 e. The first kappa shape index (κ1) is 17.5. The lowest BCUT2D eigenvalue weighted by Crippen LogP contribution is -2.29. The number of pyridine rings is 1. The van der Waals surface area contributed by atoms with Crippen LogP contribution in [0.2, 0.25) is 0 Å². The highest BCUT2D eigenvalue weighted by atomic mass is 32.2. The highest BCUT2D eigenvalue weighted by Crippen LogP contribution is 2.10. The lowest BCUT2D eigenvalue weighted by molar-refractivity contribution is 0.242. The molecule has 4 heteroatoms. The molecular formula is C16H29N3S. The van der Waals surface area contributed by atoms with Gasteiger partial charge in [0.1, 0.15) is 0 Å². The first-order chi connectivity index (χ1) is 9.67. The van der Waals surface area contributed by atoms with Gasteiger partial charge in [-0.2, -0.15) is 11.8 Å². The van der Waals surface area contributed by atoms with E-state index in [1.807, 2.05) is 11.8 Å². The number of thioether (sulfide) groups is 1. The van der Waals surface area contributed by atoms with E-state index in [4.69, 9.17) is 4.98 Å². The third kappa shape index (κ3) is 6.73. The van der Waals surface area contributed by atoms with E-state index in [0.717, 1.165) is 31.7 Å². The zero-order valence-corrected chi connectivity index (χ0v) is 14.2. The summed E-state index contributed by atoms with van der Waals surface area (Å²) in [5.41, 5.74) is 2.31. The topological polar surface area (TPSA) is 28.2 Å². The number of nitrogens with zero attached hydrogens (tertiary/aromatic N) is 2. The highest BCUT2D eigenvalue weighted by Gasteiger charge is 2.10. The van der Waals surface area contributed by atoms with Crippen molar-refractivity contribution in [3.05, 3.63) is 29.6 Å².